The van der Waals surface area contributed by atoms with Gasteiger partial charge in [-0.15, -0.1) is 0 Å². The maximum Gasteiger partial charge on any atom is 0.271 e. The first-order valence-electron chi connectivity index (χ1n) is 9.59. The van der Waals surface area contributed by atoms with Crippen molar-refractivity contribution in [2.75, 3.05) is 0 Å². The Morgan fingerprint density at radius 1 is 1.17 bits per heavy atom. The molecule has 2 aromatic heterocycles. The molecule has 5 nitrogen and oxygen atoms in total. The monoisotopic (exact) mass is 413 g/mol. The fourth-order valence-corrected chi connectivity index (χ4v) is 4.10. The molecule has 1 aliphatic carbocycles. The first kappa shape index (κ1) is 19.7. The molecule has 1 amide bonds. The number of aromatic nitrogens is 2. The lowest BCUT2D eigenvalue weighted by atomic mass is 9.77. The Morgan fingerprint density at radius 2 is 1.90 bits per heavy atom. The van der Waals surface area contributed by atoms with Crippen LogP contribution in [0.15, 0.2) is 54.9 Å². The molecule has 0 aliphatic heterocycles. The number of carbonyl (C=O) groups excluding carboxylic acids is 1. The molecule has 1 unspecified atom stereocenters. The van der Waals surface area contributed by atoms with Crippen molar-refractivity contribution in [3.05, 3.63) is 71.3 Å². The molecule has 0 spiro atoms. The average Bonchev–Trinajstić information content (AvgIpc) is 2.73. The second kappa shape index (κ2) is 8.05. The van der Waals surface area contributed by atoms with Crippen LogP contribution in [0, 0.1) is 0 Å². The number of halogens is 2. The van der Waals surface area contributed by atoms with Crippen LogP contribution in [0.2, 0.25) is 5.02 Å². The van der Waals surface area contributed by atoms with Crippen molar-refractivity contribution in [1.29, 1.82) is 0 Å². The molecule has 3 aromatic rings. The van der Waals surface area contributed by atoms with Gasteiger partial charge in [0, 0.05) is 22.8 Å². The highest BCUT2D eigenvalue weighted by Crippen LogP contribution is 2.39. The van der Waals surface area contributed by atoms with Gasteiger partial charge in [0.25, 0.3) is 5.91 Å². The third kappa shape index (κ3) is 4.09. The third-order valence-electron chi connectivity index (χ3n) is 5.52. The zero-order chi connectivity index (χ0) is 20.4. The minimum Gasteiger partial charge on any atom is -0.387 e. The van der Waals surface area contributed by atoms with Crippen LogP contribution in [0.1, 0.15) is 47.9 Å². The summed E-state index contributed by atoms with van der Waals surface area (Å²) in [5.74, 6) is -0.427. The van der Waals surface area contributed by atoms with E-state index in [4.69, 9.17) is 11.6 Å². The minimum atomic E-state index is -1.32. The summed E-state index contributed by atoms with van der Waals surface area (Å²) in [7, 11) is 0. The largest absolute Gasteiger partial charge is 0.387 e. The van der Waals surface area contributed by atoms with Gasteiger partial charge in [0.1, 0.15) is 17.9 Å². The number of nitrogens with zero attached hydrogens (tertiary/aromatic N) is 2. The molecule has 7 heteroatoms. The van der Waals surface area contributed by atoms with Crippen molar-refractivity contribution in [2.45, 2.75) is 43.5 Å². The van der Waals surface area contributed by atoms with Gasteiger partial charge in [0.05, 0.1) is 11.3 Å². The number of hydrogen-bond donors (Lipinski definition) is 2. The lowest BCUT2D eigenvalue weighted by Gasteiger charge is -2.40. The summed E-state index contributed by atoms with van der Waals surface area (Å²) in [4.78, 5) is 21.7. The second-order valence-electron chi connectivity index (χ2n) is 7.46. The number of pyridine rings is 2. The molecule has 0 radical (unpaired) electrons. The fraction of sp³-hybridized carbons (Fsp3) is 0.318. The number of nitrogens with one attached hydrogen (secondary N) is 1. The number of rotatable bonds is 4. The van der Waals surface area contributed by atoms with Crippen LogP contribution < -0.4 is 5.32 Å². The summed E-state index contributed by atoms with van der Waals surface area (Å²) in [6.07, 6.45) is 3.06. The maximum atomic E-state index is 13.7. The van der Waals surface area contributed by atoms with Gasteiger partial charge in [-0.1, -0.05) is 35.9 Å². The standard InChI is InChI=1S/C22H21ClFN3O2/c23-15-8-12-25-18(13-15)20(22(29)9-5-16(24)6-10-22)27-21(28)19-17-4-2-1-3-14(17)7-11-26-19/h1-4,7-8,11-13,16,20,29H,5-6,9-10H2,(H,27,28). The number of aliphatic hydroxyl groups is 1. The summed E-state index contributed by atoms with van der Waals surface area (Å²) in [6.45, 7) is 0. The smallest absolute Gasteiger partial charge is 0.271 e. The van der Waals surface area contributed by atoms with E-state index in [0.29, 0.717) is 16.1 Å². The Balaban J connectivity index is 1.71. The Labute approximate surface area is 172 Å². The highest BCUT2D eigenvalue weighted by Gasteiger charge is 2.43. The van der Waals surface area contributed by atoms with Gasteiger partial charge in [-0.25, -0.2) is 4.39 Å². The van der Waals surface area contributed by atoms with Gasteiger partial charge < -0.3 is 10.4 Å². The number of fused-ring (bicyclic) bond motifs is 1. The van der Waals surface area contributed by atoms with Crippen molar-refractivity contribution >= 4 is 28.3 Å². The zero-order valence-corrected chi connectivity index (χ0v) is 16.4. The molecular weight excluding hydrogens is 393 g/mol. The Kier molecular flexibility index (Phi) is 5.48. The molecule has 29 heavy (non-hydrogen) atoms. The summed E-state index contributed by atoms with van der Waals surface area (Å²) >= 11 is 6.12. The minimum absolute atomic E-state index is 0.219. The maximum absolute atomic E-state index is 13.7. The normalized spacial score (nSPS) is 22.9. The van der Waals surface area contributed by atoms with Gasteiger partial charge in [0.2, 0.25) is 0 Å². The molecule has 0 saturated heterocycles. The summed E-state index contributed by atoms with van der Waals surface area (Å²) in [5.41, 5.74) is -0.621. The quantitative estimate of drug-likeness (QED) is 0.664. The van der Waals surface area contributed by atoms with Gasteiger partial charge in [-0.05, 0) is 49.3 Å². The van der Waals surface area contributed by atoms with Gasteiger partial charge >= 0.3 is 0 Å². The van der Waals surface area contributed by atoms with E-state index in [0.717, 1.165) is 5.39 Å². The van der Waals surface area contributed by atoms with E-state index in [-0.39, 0.29) is 31.4 Å². The zero-order valence-electron chi connectivity index (χ0n) is 15.7. The van der Waals surface area contributed by atoms with E-state index in [1.165, 1.54) is 6.20 Å². The van der Waals surface area contributed by atoms with E-state index >= 15 is 0 Å². The van der Waals surface area contributed by atoms with E-state index in [1.807, 2.05) is 30.3 Å². The second-order valence-corrected chi connectivity index (χ2v) is 7.90. The number of amides is 1. The van der Waals surface area contributed by atoms with Crippen molar-refractivity contribution < 1.29 is 14.3 Å². The van der Waals surface area contributed by atoms with Crippen molar-refractivity contribution in [2.24, 2.45) is 0 Å². The number of benzene rings is 1. The summed E-state index contributed by atoms with van der Waals surface area (Å²) in [5, 5.41) is 16.3. The Morgan fingerprint density at radius 3 is 2.66 bits per heavy atom. The lowest BCUT2D eigenvalue weighted by molar-refractivity contribution is -0.0455. The topological polar surface area (TPSA) is 75.1 Å². The van der Waals surface area contributed by atoms with Crippen LogP contribution in [0.4, 0.5) is 4.39 Å². The third-order valence-corrected chi connectivity index (χ3v) is 5.76. The highest BCUT2D eigenvalue weighted by atomic mass is 35.5. The number of carbonyl (C=O) groups is 1. The predicted octanol–water partition coefficient (Wildman–Crippen LogP) is 4.40. The lowest BCUT2D eigenvalue weighted by Crippen LogP contribution is -2.49. The predicted molar refractivity (Wildman–Crippen MR) is 110 cm³/mol. The van der Waals surface area contributed by atoms with Crippen LogP contribution in [0.3, 0.4) is 0 Å². The Bertz CT molecular complexity index is 1030. The first-order chi connectivity index (χ1) is 14.0. The van der Waals surface area contributed by atoms with Crippen molar-refractivity contribution in [3.8, 4) is 0 Å². The van der Waals surface area contributed by atoms with E-state index < -0.39 is 23.7 Å². The van der Waals surface area contributed by atoms with Crippen LogP contribution in [0.25, 0.3) is 10.8 Å². The van der Waals surface area contributed by atoms with Crippen molar-refractivity contribution in [3.63, 3.8) is 0 Å². The van der Waals surface area contributed by atoms with E-state index in [9.17, 15) is 14.3 Å². The highest BCUT2D eigenvalue weighted by molar-refractivity contribution is 6.30. The number of hydrogen-bond acceptors (Lipinski definition) is 4. The van der Waals surface area contributed by atoms with Crippen LogP contribution in [-0.4, -0.2) is 32.8 Å². The molecule has 2 N–H and O–H groups in total. The van der Waals surface area contributed by atoms with E-state index in [1.54, 1.807) is 18.3 Å². The summed E-state index contributed by atoms with van der Waals surface area (Å²) in [6, 6.07) is 11.7. The number of alkyl halides is 1. The molecule has 1 aliphatic rings. The summed E-state index contributed by atoms with van der Waals surface area (Å²) < 4.78 is 13.7. The van der Waals surface area contributed by atoms with Gasteiger partial charge in [-0.2, -0.15) is 0 Å². The molecule has 1 atom stereocenters. The van der Waals surface area contributed by atoms with Crippen LogP contribution in [0.5, 0.6) is 0 Å². The van der Waals surface area contributed by atoms with E-state index in [2.05, 4.69) is 15.3 Å². The average molecular weight is 414 g/mol. The molecule has 2 heterocycles. The first-order valence-corrected chi connectivity index (χ1v) is 9.96. The van der Waals surface area contributed by atoms with Crippen LogP contribution >= 0.6 is 11.6 Å². The molecule has 0 bridgehead atoms. The Hall–Kier alpha value is -2.57. The molecular formula is C22H21ClFN3O2. The van der Waals surface area contributed by atoms with Gasteiger partial charge in [-0.3, -0.25) is 14.8 Å². The fourth-order valence-electron chi connectivity index (χ4n) is 3.93. The molecule has 1 saturated carbocycles. The molecule has 4 rings (SSSR count). The van der Waals surface area contributed by atoms with Crippen molar-refractivity contribution in [1.82, 2.24) is 15.3 Å². The molecule has 1 fully saturated rings. The molecule has 1 aromatic carbocycles. The molecule has 150 valence electrons. The SMILES string of the molecule is O=C(NC(c1cc(Cl)ccn1)C1(O)CCC(F)CC1)c1nccc2ccccc12. The van der Waals surface area contributed by atoms with Crippen LogP contribution in [-0.2, 0) is 0 Å². The van der Waals surface area contributed by atoms with Gasteiger partial charge in [0.15, 0.2) is 0 Å².